The van der Waals surface area contributed by atoms with Crippen LogP contribution in [0.1, 0.15) is 81.8 Å². The number of anilines is 4. The van der Waals surface area contributed by atoms with Gasteiger partial charge in [-0.3, -0.25) is 14.5 Å². The summed E-state index contributed by atoms with van der Waals surface area (Å²) in [4.78, 5) is 45.2. The molecule has 2 aromatic rings. The predicted octanol–water partition coefficient (Wildman–Crippen LogP) is 4.58. The lowest BCUT2D eigenvalue weighted by Gasteiger charge is -2.43. The van der Waals surface area contributed by atoms with Crippen molar-refractivity contribution >= 4 is 35.0 Å². The Labute approximate surface area is 274 Å². The van der Waals surface area contributed by atoms with Crippen LogP contribution in [-0.2, 0) is 4.79 Å². The van der Waals surface area contributed by atoms with Gasteiger partial charge in [0, 0.05) is 63.5 Å². The third-order valence-corrected chi connectivity index (χ3v) is 10.4. The second-order valence-corrected chi connectivity index (χ2v) is 13.9. The number of nitrogens with zero attached hydrogens (tertiary/aromatic N) is 6. The van der Waals surface area contributed by atoms with E-state index in [2.05, 4.69) is 39.2 Å². The normalized spacial score (nSPS) is 24.2. The molecule has 2 aliphatic carbocycles. The largest absolute Gasteiger partial charge is 0.495 e. The molecule has 2 saturated carbocycles. The molecule has 0 spiro atoms. The maximum absolute atomic E-state index is 13.3. The number of fused-ring (bicyclic) bond motifs is 1. The first-order valence-corrected chi connectivity index (χ1v) is 17.3. The first-order valence-electron chi connectivity index (χ1n) is 17.3. The van der Waals surface area contributed by atoms with E-state index >= 15 is 0 Å². The number of hydrogen-bond acceptors (Lipinski definition) is 9. The van der Waals surface area contributed by atoms with Crippen LogP contribution in [0.15, 0.2) is 18.2 Å². The molecule has 250 valence electrons. The van der Waals surface area contributed by atoms with Crippen molar-refractivity contribution in [2.24, 2.45) is 5.92 Å². The Morgan fingerprint density at radius 1 is 1.04 bits per heavy atom. The summed E-state index contributed by atoms with van der Waals surface area (Å²) in [5.41, 5.74) is 2.67. The van der Waals surface area contributed by atoms with Crippen molar-refractivity contribution in [3.05, 3.63) is 29.5 Å². The molecule has 6 rings (SSSR count). The molecule has 1 saturated heterocycles. The van der Waals surface area contributed by atoms with Gasteiger partial charge < -0.3 is 30.1 Å². The summed E-state index contributed by atoms with van der Waals surface area (Å²) >= 11 is 0. The second-order valence-electron chi connectivity index (χ2n) is 13.9. The number of nitrogens with one attached hydrogen (secondary N) is 2. The van der Waals surface area contributed by atoms with Gasteiger partial charge >= 0.3 is 0 Å². The first kappa shape index (κ1) is 32.5. The maximum atomic E-state index is 13.3. The van der Waals surface area contributed by atoms with E-state index in [0.717, 1.165) is 43.1 Å². The number of likely N-dealkylation sites (N-methyl/N-ethyl adjacent to an activating group) is 1. The molecule has 3 heterocycles. The monoisotopic (exact) mass is 632 g/mol. The minimum absolute atomic E-state index is 0.0529. The highest BCUT2D eigenvalue weighted by Crippen LogP contribution is 2.39. The number of carbonyl (C=O) groups excluding carboxylic acids is 2. The number of aromatic nitrogens is 2. The van der Waals surface area contributed by atoms with Crippen LogP contribution in [0.4, 0.5) is 23.1 Å². The Bertz CT molecular complexity index is 1410. The zero-order chi connectivity index (χ0) is 32.5. The van der Waals surface area contributed by atoms with Crippen LogP contribution in [0.25, 0.3) is 0 Å². The van der Waals surface area contributed by atoms with Crippen molar-refractivity contribution in [2.45, 2.75) is 96.8 Å². The summed E-state index contributed by atoms with van der Waals surface area (Å²) in [5.74, 6) is 2.63. The number of benzene rings is 1. The smallest absolute Gasteiger partial charge is 0.251 e. The van der Waals surface area contributed by atoms with E-state index in [0.29, 0.717) is 41.1 Å². The lowest BCUT2D eigenvalue weighted by Crippen LogP contribution is -2.55. The summed E-state index contributed by atoms with van der Waals surface area (Å²) in [7, 11) is 3.39. The van der Waals surface area contributed by atoms with Gasteiger partial charge in [0.15, 0.2) is 5.82 Å². The highest BCUT2D eigenvalue weighted by atomic mass is 16.5. The van der Waals surface area contributed by atoms with Gasteiger partial charge in [-0.2, -0.15) is 4.98 Å². The number of ether oxygens (including phenoxy) is 1. The quantitative estimate of drug-likeness (QED) is 0.390. The van der Waals surface area contributed by atoms with Crippen LogP contribution in [0.3, 0.4) is 0 Å². The molecule has 1 aromatic carbocycles. The number of carbonyl (C=O) groups is 2. The molecule has 4 aliphatic rings. The predicted molar refractivity (Wildman–Crippen MR) is 182 cm³/mol. The van der Waals surface area contributed by atoms with Crippen molar-refractivity contribution in [3.8, 4) is 5.75 Å². The molecule has 0 bridgehead atoms. The zero-order valence-electron chi connectivity index (χ0n) is 28.5. The van der Waals surface area contributed by atoms with Crippen molar-refractivity contribution in [3.63, 3.8) is 0 Å². The Morgan fingerprint density at radius 3 is 2.39 bits per heavy atom. The minimum atomic E-state index is -0.283. The summed E-state index contributed by atoms with van der Waals surface area (Å²) in [5, 5.41) is 6.60. The van der Waals surface area contributed by atoms with Crippen LogP contribution in [0, 0.1) is 12.8 Å². The van der Waals surface area contributed by atoms with Crippen molar-refractivity contribution in [2.75, 3.05) is 62.0 Å². The van der Waals surface area contributed by atoms with E-state index in [-0.39, 0.29) is 29.9 Å². The Kier molecular flexibility index (Phi) is 9.70. The molecule has 0 unspecified atom stereocenters. The molecule has 1 aromatic heterocycles. The number of piperazine rings is 1. The molecule has 11 nitrogen and oxygen atoms in total. The van der Waals surface area contributed by atoms with E-state index in [9.17, 15) is 9.59 Å². The fourth-order valence-electron chi connectivity index (χ4n) is 7.64. The topological polar surface area (TPSA) is 106 Å². The van der Waals surface area contributed by atoms with Gasteiger partial charge in [0.1, 0.15) is 17.5 Å². The summed E-state index contributed by atoms with van der Waals surface area (Å²) in [6.45, 7) is 14.1. The minimum Gasteiger partial charge on any atom is -0.495 e. The zero-order valence-corrected chi connectivity index (χ0v) is 28.5. The van der Waals surface area contributed by atoms with Crippen LogP contribution >= 0.6 is 0 Å². The molecule has 1 atom stereocenters. The van der Waals surface area contributed by atoms with Gasteiger partial charge in [-0.15, -0.1) is 0 Å². The maximum Gasteiger partial charge on any atom is 0.251 e. The molecule has 2 N–H and O–H groups in total. The molecule has 46 heavy (non-hydrogen) atoms. The molecule has 3 fully saturated rings. The van der Waals surface area contributed by atoms with Crippen molar-refractivity contribution < 1.29 is 14.3 Å². The Morgan fingerprint density at radius 2 is 1.76 bits per heavy atom. The lowest BCUT2D eigenvalue weighted by atomic mass is 9.89. The van der Waals surface area contributed by atoms with Gasteiger partial charge in [0.05, 0.1) is 18.5 Å². The molecule has 0 radical (unpaired) electrons. The number of amides is 2. The third-order valence-electron chi connectivity index (χ3n) is 10.4. The van der Waals surface area contributed by atoms with Crippen LogP contribution in [0.2, 0.25) is 0 Å². The van der Waals surface area contributed by atoms with Gasteiger partial charge in [0.2, 0.25) is 11.9 Å². The highest BCUT2D eigenvalue weighted by molar-refractivity contribution is 6.05. The summed E-state index contributed by atoms with van der Waals surface area (Å²) in [6, 6.07) is 6.06. The summed E-state index contributed by atoms with van der Waals surface area (Å²) in [6.07, 6.45) is 7.83. The number of hydrogen-bond donors (Lipinski definition) is 2. The average molecular weight is 633 g/mol. The average Bonchev–Trinajstić information content (AvgIpc) is 3.87. The fraction of sp³-hybridized carbons (Fsp3) is 0.657. The molecule has 2 aliphatic heterocycles. The fourth-order valence-corrected chi connectivity index (χ4v) is 7.64. The van der Waals surface area contributed by atoms with Gasteiger partial charge in [-0.05, 0) is 89.8 Å². The van der Waals surface area contributed by atoms with Gasteiger partial charge in [0.25, 0.3) is 5.91 Å². The van der Waals surface area contributed by atoms with Crippen molar-refractivity contribution in [1.82, 2.24) is 25.1 Å². The van der Waals surface area contributed by atoms with E-state index < -0.39 is 0 Å². The third kappa shape index (κ3) is 6.81. The highest BCUT2D eigenvalue weighted by Gasteiger charge is 2.39. The SMILES string of the molecule is CC[C@@H]1C(=O)N(C)c2c(C)nc(Nc3ccc(C(=O)N[C@H]4CC[C@H](N5CCN(CC6CC6)CC5)CC4)cc3OC)nc2N1C(C)C. The van der Waals surface area contributed by atoms with Crippen LogP contribution in [-0.4, -0.2) is 103 Å². The van der Waals surface area contributed by atoms with Gasteiger partial charge in [-0.1, -0.05) is 6.92 Å². The Hall–Kier alpha value is -3.44. The molecule has 11 heteroatoms. The van der Waals surface area contributed by atoms with E-state index in [1.165, 1.54) is 45.6 Å². The molecular weight excluding hydrogens is 580 g/mol. The Balaban J connectivity index is 1.08. The van der Waals surface area contributed by atoms with E-state index in [4.69, 9.17) is 14.7 Å². The van der Waals surface area contributed by atoms with E-state index in [1.54, 1.807) is 25.1 Å². The van der Waals surface area contributed by atoms with Crippen LogP contribution in [0.5, 0.6) is 5.75 Å². The first-order chi connectivity index (χ1) is 22.2. The number of rotatable bonds is 10. The summed E-state index contributed by atoms with van der Waals surface area (Å²) < 4.78 is 5.71. The molecule has 2 amide bonds. The van der Waals surface area contributed by atoms with E-state index in [1.807, 2.05) is 26.0 Å². The number of aryl methyl sites for hydroxylation is 1. The molecular formula is C35H52N8O3. The van der Waals surface area contributed by atoms with Gasteiger partial charge in [-0.25, -0.2) is 4.98 Å². The lowest BCUT2D eigenvalue weighted by molar-refractivity contribution is -0.120. The second kappa shape index (κ2) is 13.7. The van der Waals surface area contributed by atoms with Crippen LogP contribution < -0.4 is 25.2 Å². The standard InChI is InChI=1S/C35H52N8O3/c1-7-29-34(45)40(5)31-23(4)36-35(39-32(31)43(29)22(2)3)38-28-15-10-25(20-30(28)46-6)33(44)37-26-11-13-27(14-12-26)42-18-16-41(17-19-42)21-24-8-9-24/h10,15,20,22,24,26-27,29H,7-9,11-14,16-19,21H2,1-6H3,(H,37,44)(H,36,38,39)/t26-,27-,29-/m1/s1. The number of methoxy groups -OCH3 is 1. The van der Waals surface area contributed by atoms with Crippen molar-refractivity contribution in [1.29, 1.82) is 0 Å².